The predicted molar refractivity (Wildman–Crippen MR) is 187 cm³/mol. The lowest BCUT2D eigenvalue weighted by molar-refractivity contribution is -0.116. The topological polar surface area (TPSA) is 106 Å². The molecule has 236 valence electrons. The molecule has 0 radical (unpaired) electrons. The molecule has 1 unspecified atom stereocenters. The van der Waals surface area contributed by atoms with Gasteiger partial charge in [0.05, 0.1) is 14.2 Å². The molecule has 5 aromatic carbocycles. The Hall–Kier alpha value is -5.80. The molecule has 0 spiro atoms. The fourth-order valence-corrected chi connectivity index (χ4v) is 5.66. The van der Waals surface area contributed by atoms with E-state index >= 15 is 0 Å². The van der Waals surface area contributed by atoms with E-state index in [1.54, 1.807) is 67.8 Å². The summed E-state index contributed by atoms with van der Waals surface area (Å²) >= 11 is 1.40. The van der Waals surface area contributed by atoms with Crippen LogP contribution in [-0.2, 0) is 9.59 Å². The first-order chi connectivity index (χ1) is 22.9. The van der Waals surface area contributed by atoms with Crippen molar-refractivity contribution in [3.63, 3.8) is 0 Å². The highest BCUT2D eigenvalue weighted by atomic mass is 32.2. The third-order valence-electron chi connectivity index (χ3n) is 7.01. The molecule has 0 aliphatic rings. The summed E-state index contributed by atoms with van der Waals surface area (Å²) in [6, 6.07) is 39.9. The van der Waals surface area contributed by atoms with Crippen LogP contribution < -0.4 is 25.4 Å². The zero-order chi connectivity index (χ0) is 33.0. The minimum atomic E-state index is -0.538. The average Bonchev–Trinajstić information content (AvgIpc) is 3.12. The molecule has 5 aromatic rings. The van der Waals surface area contributed by atoms with Crippen molar-refractivity contribution in [2.75, 3.05) is 24.9 Å². The van der Waals surface area contributed by atoms with Gasteiger partial charge in [0.2, 0.25) is 5.91 Å². The number of benzene rings is 5. The molecular weight excluding hydrogens is 611 g/mol. The fraction of sp³-hybridized carbons (Fsp3) is 0.0789. The molecule has 0 fully saturated rings. The van der Waals surface area contributed by atoms with Crippen molar-refractivity contribution in [2.24, 2.45) is 0 Å². The Bertz CT molecular complexity index is 1850. The molecule has 0 saturated heterocycles. The predicted octanol–water partition coefficient (Wildman–Crippen LogP) is 7.59. The van der Waals surface area contributed by atoms with Gasteiger partial charge in [-0.3, -0.25) is 14.4 Å². The molecule has 0 aromatic heterocycles. The smallest absolute Gasteiger partial charge is 0.272 e. The molecule has 0 bridgehead atoms. The van der Waals surface area contributed by atoms with Crippen LogP contribution >= 0.6 is 11.8 Å². The number of hydrogen-bond donors (Lipinski definition) is 3. The normalized spacial score (nSPS) is 11.6. The van der Waals surface area contributed by atoms with Crippen LogP contribution in [0.4, 0.5) is 11.4 Å². The second kappa shape index (κ2) is 16.0. The number of nitrogens with one attached hydrogen (secondary N) is 3. The van der Waals surface area contributed by atoms with Gasteiger partial charge in [-0.25, -0.2) is 0 Å². The van der Waals surface area contributed by atoms with Crippen LogP contribution in [0.25, 0.3) is 6.08 Å². The molecule has 0 aliphatic heterocycles. The number of thioether (sulfide) groups is 1. The summed E-state index contributed by atoms with van der Waals surface area (Å²) in [7, 11) is 3.06. The fourth-order valence-electron chi connectivity index (χ4n) is 4.63. The second-order valence-electron chi connectivity index (χ2n) is 10.2. The van der Waals surface area contributed by atoms with Crippen LogP contribution in [-0.4, -0.2) is 31.9 Å². The molecule has 3 N–H and O–H groups in total. The highest BCUT2D eigenvalue weighted by Crippen LogP contribution is 2.37. The van der Waals surface area contributed by atoms with Crippen LogP contribution in [0.1, 0.15) is 26.7 Å². The molecule has 1 atom stereocenters. The number of carbonyl (C=O) groups excluding carboxylic acids is 3. The highest BCUT2D eigenvalue weighted by molar-refractivity contribution is 8.00. The van der Waals surface area contributed by atoms with E-state index in [1.807, 2.05) is 72.8 Å². The SMILES string of the molecule is COc1ccc(OC)c(/C=C(\NC(=O)c2ccccc2)C(=O)Nc2ccc(SC(C(=O)Nc3ccccc3)c3ccccc3)cc2)c1. The van der Waals surface area contributed by atoms with Crippen LogP contribution in [0.3, 0.4) is 0 Å². The van der Waals surface area contributed by atoms with Gasteiger partial charge in [-0.1, -0.05) is 66.7 Å². The van der Waals surface area contributed by atoms with Crippen molar-refractivity contribution in [3.05, 3.63) is 156 Å². The average molecular weight is 644 g/mol. The van der Waals surface area contributed by atoms with Gasteiger partial charge < -0.3 is 25.4 Å². The lowest BCUT2D eigenvalue weighted by atomic mass is 10.1. The van der Waals surface area contributed by atoms with E-state index in [9.17, 15) is 14.4 Å². The van der Waals surface area contributed by atoms with E-state index in [0.717, 1.165) is 10.5 Å². The number of methoxy groups -OCH3 is 2. The van der Waals surface area contributed by atoms with Crippen LogP contribution in [0.5, 0.6) is 11.5 Å². The molecule has 9 heteroatoms. The lowest BCUT2D eigenvalue weighted by Gasteiger charge is -2.17. The zero-order valence-corrected chi connectivity index (χ0v) is 26.6. The number of hydrogen-bond acceptors (Lipinski definition) is 6. The van der Waals surface area contributed by atoms with Gasteiger partial charge in [0.1, 0.15) is 22.4 Å². The van der Waals surface area contributed by atoms with E-state index in [1.165, 1.54) is 24.9 Å². The lowest BCUT2D eigenvalue weighted by Crippen LogP contribution is -2.30. The highest BCUT2D eigenvalue weighted by Gasteiger charge is 2.23. The van der Waals surface area contributed by atoms with Gasteiger partial charge in [0.25, 0.3) is 11.8 Å². The number of rotatable bonds is 12. The van der Waals surface area contributed by atoms with Crippen LogP contribution in [0.15, 0.2) is 144 Å². The molecule has 0 heterocycles. The maximum Gasteiger partial charge on any atom is 0.272 e. The number of ether oxygens (including phenoxy) is 2. The van der Waals surface area contributed by atoms with E-state index in [-0.39, 0.29) is 11.6 Å². The summed E-state index contributed by atoms with van der Waals surface area (Å²) in [5.41, 5.74) is 3.02. The van der Waals surface area contributed by atoms with Crippen molar-refractivity contribution >= 4 is 46.9 Å². The third kappa shape index (κ3) is 8.90. The first-order valence-corrected chi connectivity index (χ1v) is 15.6. The molecule has 47 heavy (non-hydrogen) atoms. The Labute approximate surface area is 277 Å². The molecule has 0 saturated carbocycles. The Morgan fingerprint density at radius 2 is 1.30 bits per heavy atom. The summed E-state index contributed by atoms with van der Waals surface area (Å²) in [5.74, 6) is -0.0757. The standard InChI is InChI=1S/C38H33N3O5S/c1-45-31-20-23-34(46-2)28(24-31)25-33(41-36(42)27-14-8-4-9-15-27)37(43)39-30-18-21-32(22-19-30)47-35(26-12-6-3-7-13-26)38(44)40-29-16-10-5-11-17-29/h3-25,35H,1-2H3,(H,39,43)(H,40,44)(H,41,42)/b33-25-. The zero-order valence-electron chi connectivity index (χ0n) is 25.8. The van der Waals surface area contributed by atoms with Gasteiger partial charge in [-0.05, 0) is 78.4 Å². The number of carbonyl (C=O) groups is 3. The van der Waals surface area contributed by atoms with E-state index in [4.69, 9.17) is 9.47 Å². The molecule has 8 nitrogen and oxygen atoms in total. The van der Waals surface area contributed by atoms with Crippen LogP contribution in [0.2, 0.25) is 0 Å². The maximum absolute atomic E-state index is 13.6. The Morgan fingerprint density at radius 1 is 0.681 bits per heavy atom. The van der Waals surface area contributed by atoms with E-state index < -0.39 is 17.1 Å². The summed E-state index contributed by atoms with van der Waals surface area (Å²) < 4.78 is 10.8. The molecule has 5 rings (SSSR count). The van der Waals surface area contributed by atoms with E-state index in [2.05, 4.69) is 16.0 Å². The van der Waals surface area contributed by atoms with Crippen molar-refractivity contribution in [3.8, 4) is 11.5 Å². The van der Waals surface area contributed by atoms with Crippen molar-refractivity contribution < 1.29 is 23.9 Å². The molecule has 3 amide bonds. The largest absolute Gasteiger partial charge is 0.497 e. The number of anilines is 2. The Balaban J connectivity index is 1.36. The van der Waals surface area contributed by atoms with E-state index in [0.29, 0.717) is 34.0 Å². The number of para-hydroxylation sites is 1. The molecular formula is C38H33N3O5S. The summed E-state index contributed by atoms with van der Waals surface area (Å²) in [6.45, 7) is 0. The minimum Gasteiger partial charge on any atom is -0.497 e. The van der Waals surface area contributed by atoms with Gasteiger partial charge in [0, 0.05) is 27.4 Å². The summed E-state index contributed by atoms with van der Waals surface area (Å²) in [5, 5.41) is 8.10. The van der Waals surface area contributed by atoms with Gasteiger partial charge in [-0.2, -0.15) is 0 Å². The first-order valence-electron chi connectivity index (χ1n) is 14.7. The van der Waals surface area contributed by atoms with Gasteiger partial charge in [0.15, 0.2) is 0 Å². The monoisotopic (exact) mass is 643 g/mol. The Kier molecular flexibility index (Phi) is 11.1. The van der Waals surface area contributed by atoms with Gasteiger partial charge in [-0.15, -0.1) is 11.8 Å². The molecule has 0 aliphatic carbocycles. The summed E-state index contributed by atoms with van der Waals surface area (Å²) in [6.07, 6.45) is 1.54. The van der Waals surface area contributed by atoms with Crippen LogP contribution in [0, 0.1) is 0 Å². The quantitative estimate of drug-likeness (QED) is 0.0956. The first kappa shape index (κ1) is 32.6. The van der Waals surface area contributed by atoms with Crippen molar-refractivity contribution in [1.82, 2.24) is 5.32 Å². The third-order valence-corrected chi connectivity index (χ3v) is 8.28. The summed E-state index contributed by atoms with van der Waals surface area (Å²) in [4.78, 5) is 40.9. The second-order valence-corrected chi connectivity index (χ2v) is 11.4. The maximum atomic E-state index is 13.6. The Morgan fingerprint density at radius 3 is 1.94 bits per heavy atom. The van der Waals surface area contributed by atoms with Crippen molar-refractivity contribution in [1.29, 1.82) is 0 Å². The van der Waals surface area contributed by atoms with Gasteiger partial charge >= 0.3 is 0 Å². The minimum absolute atomic E-state index is 0.00517. The number of amides is 3. The van der Waals surface area contributed by atoms with Crippen molar-refractivity contribution in [2.45, 2.75) is 10.1 Å².